The van der Waals surface area contributed by atoms with Gasteiger partial charge in [-0.25, -0.2) is 18.4 Å². The number of hydrogen-bond donors (Lipinski definition) is 1. The molecule has 2 aliphatic heterocycles. The normalized spacial score (nSPS) is 16.8. The molecule has 3 aromatic rings. The molecule has 0 unspecified atom stereocenters. The quantitative estimate of drug-likeness (QED) is 0.399. The van der Waals surface area contributed by atoms with Crippen molar-refractivity contribution < 1.29 is 30.7 Å². The second-order valence-corrected chi connectivity index (χ2v) is 11.8. The van der Waals surface area contributed by atoms with E-state index in [0.29, 0.717) is 35.8 Å². The first-order valence-electron chi connectivity index (χ1n) is 12.9. The molecule has 0 aliphatic carbocycles. The number of nitrogens with one attached hydrogen (secondary N) is 1. The maximum Gasteiger partial charge on any atom is 0.420 e. The Labute approximate surface area is 225 Å². The monoisotopic (exact) mass is 565 g/mol. The maximum atomic E-state index is 13.8. The highest BCUT2D eigenvalue weighted by atomic mass is 32.2. The smallest absolute Gasteiger partial charge is 0.420 e. The Morgan fingerprint density at radius 2 is 1.87 bits per heavy atom. The van der Waals surface area contributed by atoms with Gasteiger partial charge in [-0.05, 0) is 75.2 Å². The second kappa shape index (κ2) is 11.1. The van der Waals surface area contributed by atoms with Crippen molar-refractivity contribution in [3.8, 4) is 17.2 Å². The molecule has 1 aromatic carbocycles. The Bertz CT molecular complexity index is 1400. The number of benzene rings is 1. The summed E-state index contributed by atoms with van der Waals surface area (Å²) in [4.78, 5) is 10.4. The van der Waals surface area contributed by atoms with Crippen LogP contribution in [0, 0.1) is 0 Å². The Kier molecular flexibility index (Phi) is 7.83. The fourth-order valence-corrected chi connectivity index (χ4v) is 5.78. The Morgan fingerprint density at radius 1 is 1.13 bits per heavy atom. The standard InChI is InChI=1S/C26H30F3N5O4S/c1-2-39(35,36)34-12-9-18-15-22(38-23(18)17-34)24-21(26(27,28)29)16-30-25(32-24)31-19-5-7-20(8-6-19)37-14-13-33-10-3-4-11-33/h5-8,15-16H,2-4,9-14,17H2,1H3,(H,30,31,32). The minimum absolute atomic E-state index is 0.0322. The molecule has 0 saturated carbocycles. The number of aromatic nitrogens is 2. The van der Waals surface area contributed by atoms with E-state index in [-0.39, 0.29) is 30.6 Å². The average molecular weight is 566 g/mol. The zero-order valence-electron chi connectivity index (χ0n) is 21.5. The van der Waals surface area contributed by atoms with Crippen LogP contribution in [-0.4, -0.2) is 66.1 Å². The molecule has 0 bridgehead atoms. The van der Waals surface area contributed by atoms with Crippen molar-refractivity contribution in [3.05, 3.63) is 53.4 Å². The molecule has 2 aromatic heterocycles. The lowest BCUT2D eigenvalue weighted by Gasteiger charge is -2.24. The molecule has 5 rings (SSSR count). The molecular formula is C26H30F3N5O4S. The van der Waals surface area contributed by atoms with Crippen LogP contribution in [-0.2, 0) is 29.2 Å². The lowest BCUT2D eigenvalue weighted by atomic mass is 10.1. The molecule has 1 fully saturated rings. The van der Waals surface area contributed by atoms with Gasteiger partial charge in [-0.15, -0.1) is 0 Å². The summed E-state index contributed by atoms with van der Waals surface area (Å²) in [5, 5.41) is 2.93. The molecule has 1 saturated heterocycles. The number of rotatable bonds is 9. The fraction of sp³-hybridized carbons (Fsp3) is 0.462. The summed E-state index contributed by atoms with van der Waals surface area (Å²) in [7, 11) is -3.46. The predicted octanol–water partition coefficient (Wildman–Crippen LogP) is 4.68. The van der Waals surface area contributed by atoms with Crippen LogP contribution in [0.2, 0.25) is 0 Å². The summed E-state index contributed by atoms with van der Waals surface area (Å²) < 4.78 is 78.9. The largest absolute Gasteiger partial charge is 0.492 e. The number of hydrogen-bond acceptors (Lipinski definition) is 8. The number of ether oxygens (including phenoxy) is 1. The van der Waals surface area contributed by atoms with Gasteiger partial charge in [-0.2, -0.15) is 17.5 Å². The van der Waals surface area contributed by atoms with E-state index in [1.54, 1.807) is 31.2 Å². The molecule has 0 amide bonds. The van der Waals surface area contributed by atoms with Crippen molar-refractivity contribution in [1.82, 2.24) is 19.2 Å². The molecule has 0 radical (unpaired) electrons. The number of nitrogens with zero attached hydrogens (tertiary/aromatic N) is 4. The van der Waals surface area contributed by atoms with E-state index in [1.165, 1.54) is 23.2 Å². The van der Waals surface area contributed by atoms with E-state index in [1.807, 2.05) is 0 Å². The van der Waals surface area contributed by atoms with Gasteiger partial charge in [-0.3, -0.25) is 4.90 Å². The molecular weight excluding hydrogens is 535 g/mol. The van der Waals surface area contributed by atoms with Gasteiger partial charge in [0.25, 0.3) is 0 Å². The topological polar surface area (TPSA) is 101 Å². The molecule has 0 spiro atoms. The highest BCUT2D eigenvalue weighted by Gasteiger charge is 2.37. The Balaban J connectivity index is 1.33. The first kappa shape index (κ1) is 27.4. The fourth-order valence-electron chi connectivity index (χ4n) is 4.73. The van der Waals surface area contributed by atoms with Crippen molar-refractivity contribution in [3.63, 3.8) is 0 Å². The number of fused-ring (bicyclic) bond motifs is 1. The average Bonchev–Trinajstić information content (AvgIpc) is 3.58. The Morgan fingerprint density at radius 3 is 2.56 bits per heavy atom. The Hall–Kier alpha value is -3.16. The van der Waals surface area contributed by atoms with Gasteiger partial charge in [0.05, 0.1) is 12.3 Å². The number of sulfonamides is 1. The summed E-state index contributed by atoms with van der Waals surface area (Å²) in [6, 6.07) is 8.52. The van der Waals surface area contributed by atoms with Crippen molar-refractivity contribution in [2.45, 2.75) is 38.9 Å². The SMILES string of the molecule is CCS(=O)(=O)N1CCc2cc(-c3nc(Nc4ccc(OCCN5CCCC5)cc4)ncc3C(F)(F)F)oc2C1. The van der Waals surface area contributed by atoms with Crippen LogP contribution < -0.4 is 10.1 Å². The van der Waals surface area contributed by atoms with E-state index in [4.69, 9.17) is 9.15 Å². The summed E-state index contributed by atoms with van der Waals surface area (Å²) in [5.74, 6) is 0.810. The molecule has 39 heavy (non-hydrogen) atoms. The third-order valence-electron chi connectivity index (χ3n) is 6.92. The van der Waals surface area contributed by atoms with Gasteiger partial charge in [0, 0.05) is 25.0 Å². The minimum atomic E-state index is -4.72. The van der Waals surface area contributed by atoms with E-state index in [0.717, 1.165) is 25.8 Å². The summed E-state index contributed by atoms with van der Waals surface area (Å²) in [6.07, 6.45) is -1.22. The van der Waals surface area contributed by atoms with Crippen LogP contribution in [0.25, 0.3) is 11.5 Å². The summed E-state index contributed by atoms with van der Waals surface area (Å²) in [5.41, 5.74) is -0.221. The molecule has 13 heteroatoms. The third kappa shape index (κ3) is 6.36. The van der Waals surface area contributed by atoms with E-state index in [9.17, 15) is 21.6 Å². The van der Waals surface area contributed by atoms with E-state index in [2.05, 4.69) is 20.2 Å². The number of anilines is 2. The van der Waals surface area contributed by atoms with Crippen LogP contribution in [0.5, 0.6) is 5.75 Å². The molecule has 4 heterocycles. The predicted molar refractivity (Wildman–Crippen MR) is 139 cm³/mol. The summed E-state index contributed by atoms with van der Waals surface area (Å²) in [6.45, 7) is 5.39. The van der Waals surface area contributed by atoms with Gasteiger partial charge in [0.2, 0.25) is 16.0 Å². The highest BCUT2D eigenvalue weighted by Crippen LogP contribution is 2.38. The molecule has 2 aliphatic rings. The third-order valence-corrected chi connectivity index (χ3v) is 8.75. The minimum Gasteiger partial charge on any atom is -0.492 e. The van der Waals surface area contributed by atoms with Crippen molar-refractivity contribution >= 4 is 21.7 Å². The number of halogens is 3. The first-order valence-corrected chi connectivity index (χ1v) is 14.5. The molecule has 210 valence electrons. The second-order valence-electron chi connectivity index (χ2n) is 9.54. The molecule has 0 atom stereocenters. The van der Waals surface area contributed by atoms with Gasteiger partial charge in [0.1, 0.15) is 29.4 Å². The highest BCUT2D eigenvalue weighted by molar-refractivity contribution is 7.89. The number of alkyl halides is 3. The molecule has 9 nitrogen and oxygen atoms in total. The zero-order chi connectivity index (χ0) is 27.6. The van der Waals surface area contributed by atoms with E-state index < -0.39 is 27.5 Å². The van der Waals surface area contributed by atoms with Gasteiger partial charge >= 0.3 is 6.18 Å². The van der Waals surface area contributed by atoms with Gasteiger partial charge < -0.3 is 14.5 Å². The van der Waals surface area contributed by atoms with Crippen LogP contribution in [0.15, 0.2) is 40.9 Å². The van der Waals surface area contributed by atoms with Crippen LogP contribution in [0.3, 0.4) is 0 Å². The lowest BCUT2D eigenvalue weighted by molar-refractivity contribution is -0.137. The maximum absolute atomic E-state index is 13.8. The van der Waals surface area contributed by atoms with Crippen molar-refractivity contribution in [2.75, 3.05) is 43.9 Å². The number of likely N-dealkylation sites (tertiary alicyclic amines) is 1. The van der Waals surface area contributed by atoms with Crippen LogP contribution in [0.4, 0.5) is 24.8 Å². The van der Waals surface area contributed by atoms with Crippen LogP contribution >= 0.6 is 0 Å². The zero-order valence-corrected chi connectivity index (χ0v) is 22.3. The van der Waals surface area contributed by atoms with Crippen molar-refractivity contribution in [1.29, 1.82) is 0 Å². The summed E-state index contributed by atoms with van der Waals surface area (Å²) >= 11 is 0. The molecule has 1 N–H and O–H groups in total. The lowest BCUT2D eigenvalue weighted by Crippen LogP contribution is -2.36. The van der Waals surface area contributed by atoms with E-state index >= 15 is 0 Å². The first-order chi connectivity index (χ1) is 18.6. The number of furan rings is 1. The van der Waals surface area contributed by atoms with Crippen LogP contribution in [0.1, 0.15) is 36.7 Å². The van der Waals surface area contributed by atoms with Crippen molar-refractivity contribution in [2.24, 2.45) is 0 Å². The van der Waals surface area contributed by atoms with Gasteiger partial charge in [0.15, 0.2) is 5.76 Å². The van der Waals surface area contributed by atoms with Gasteiger partial charge in [-0.1, -0.05) is 0 Å².